The number of ether oxygens (including phenoxy) is 3. The second-order valence-corrected chi connectivity index (χ2v) is 11.4. The summed E-state index contributed by atoms with van der Waals surface area (Å²) < 4.78 is 18.6. The number of fused-ring (bicyclic) bond motifs is 4. The first-order valence-electron chi connectivity index (χ1n) is 17.6. The van der Waals surface area contributed by atoms with Gasteiger partial charge >= 0.3 is 0 Å². The number of nitrogens with one attached hydrogen (secondary N) is 3. The number of benzene rings is 4. The van der Waals surface area contributed by atoms with Crippen molar-refractivity contribution < 1.29 is 19.0 Å². The molecule has 54 heavy (non-hydrogen) atoms. The molecule has 0 fully saturated rings. The highest BCUT2D eigenvalue weighted by atomic mass is 16.5. The van der Waals surface area contributed by atoms with Gasteiger partial charge in [-0.05, 0) is 78.9 Å². The SMILES string of the molecule is C=C/C=C\C(=C)OC.CC.CC.Nc1ccc2c(c1)C1NNC(=O)c3cccc(c31)O2.O=c1[nH]nc2c3c(cccc13)Oc1ccc(-n3cccc3)cc1-2. The number of hydrogen-bond acceptors (Lipinski definition) is 8. The van der Waals surface area contributed by atoms with Gasteiger partial charge in [0.1, 0.15) is 34.5 Å². The molecule has 6 aromatic rings. The van der Waals surface area contributed by atoms with Crippen LogP contribution in [0.5, 0.6) is 23.0 Å². The lowest BCUT2D eigenvalue weighted by Crippen LogP contribution is -2.46. The maximum atomic E-state index is 12.0. The normalized spacial score (nSPS) is 13.4. The minimum absolute atomic E-state index is 0.129. The number of hydrogen-bond donors (Lipinski definition) is 4. The summed E-state index contributed by atoms with van der Waals surface area (Å²) in [5.41, 5.74) is 17.0. The second-order valence-electron chi connectivity index (χ2n) is 11.4. The van der Waals surface area contributed by atoms with Crippen LogP contribution in [-0.2, 0) is 4.74 Å². The van der Waals surface area contributed by atoms with Crippen LogP contribution in [0.25, 0.3) is 27.7 Å². The zero-order valence-corrected chi connectivity index (χ0v) is 31.0. The molecule has 4 aromatic carbocycles. The highest BCUT2D eigenvalue weighted by Crippen LogP contribution is 2.46. The van der Waals surface area contributed by atoms with Gasteiger partial charge in [0.05, 0.1) is 23.9 Å². The predicted molar refractivity (Wildman–Crippen MR) is 215 cm³/mol. The zero-order valence-electron chi connectivity index (χ0n) is 31.0. The monoisotopic (exact) mass is 724 g/mol. The maximum Gasteiger partial charge on any atom is 0.272 e. The molecule has 3 aliphatic rings. The smallest absolute Gasteiger partial charge is 0.272 e. The van der Waals surface area contributed by atoms with Gasteiger partial charge in [0.15, 0.2) is 0 Å². The summed E-state index contributed by atoms with van der Waals surface area (Å²) in [5.74, 6) is 3.36. The minimum Gasteiger partial charge on any atom is -0.497 e. The van der Waals surface area contributed by atoms with E-state index in [9.17, 15) is 9.59 Å². The van der Waals surface area contributed by atoms with Crippen LogP contribution in [0.1, 0.15) is 55.2 Å². The van der Waals surface area contributed by atoms with E-state index < -0.39 is 0 Å². The van der Waals surface area contributed by atoms with E-state index in [1.165, 1.54) is 0 Å². The van der Waals surface area contributed by atoms with E-state index in [4.69, 9.17) is 19.9 Å². The largest absolute Gasteiger partial charge is 0.497 e. The van der Waals surface area contributed by atoms with Crippen molar-refractivity contribution in [2.24, 2.45) is 0 Å². The molecule has 0 saturated carbocycles. The van der Waals surface area contributed by atoms with Crippen LogP contribution in [-0.4, -0.2) is 27.8 Å². The summed E-state index contributed by atoms with van der Waals surface area (Å²) in [6, 6.07) is 26.2. The van der Waals surface area contributed by atoms with Crippen molar-refractivity contribution in [1.29, 1.82) is 0 Å². The van der Waals surface area contributed by atoms with Crippen LogP contribution in [0, 0.1) is 0 Å². The van der Waals surface area contributed by atoms with Crippen molar-refractivity contribution in [2.75, 3.05) is 12.8 Å². The summed E-state index contributed by atoms with van der Waals surface area (Å²) in [4.78, 5) is 23.9. The number of aromatic nitrogens is 3. The molecular formula is C43H44N6O5. The number of carbonyl (C=O) groups excluding carboxylic acids is 1. The Morgan fingerprint density at radius 3 is 2.31 bits per heavy atom. The van der Waals surface area contributed by atoms with Gasteiger partial charge in [-0.15, -0.1) is 0 Å². The Morgan fingerprint density at radius 2 is 1.57 bits per heavy atom. The highest BCUT2D eigenvalue weighted by molar-refractivity contribution is 6.02. The lowest BCUT2D eigenvalue weighted by Gasteiger charge is -2.33. The van der Waals surface area contributed by atoms with E-state index in [1.807, 2.05) is 111 Å². The zero-order chi connectivity index (χ0) is 38.8. The number of H-pyrrole nitrogens is 1. The summed E-state index contributed by atoms with van der Waals surface area (Å²) >= 11 is 0. The van der Waals surface area contributed by atoms with Crippen molar-refractivity contribution in [3.63, 3.8) is 0 Å². The molecule has 0 bridgehead atoms. The van der Waals surface area contributed by atoms with Gasteiger partial charge in [-0.2, -0.15) is 5.10 Å². The number of carbonyl (C=O) groups is 1. The van der Waals surface area contributed by atoms with Crippen molar-refractivity contribution >= 4 is 22.4 Å². The Morgan fingerprint density at radius 1 is 0.870 bits per heavy atom. The lowest BCUT2D eigenvalue weighted by molar-refractivity contribution is 0.0910. The number of rotatable bonds is 4. The van der Waals surface area contributed by atoms with E-state index in [0.717, 1.165) is 45.0 Å². The third kappa shape index (κ3) is 7.81. The first-order chi connectivity index (χ1) is 26.4. The van der Waals surface area contributed by atoms with Crippen molar-refractivity contribution in [1.82, 2.24) is 25.6 Å². The van der Waals surface area contributed by atoms with Crippen molar-refractivity contribution in [2.45, 2.75) is 33.7 Å². The van der Waals surface area contributed by atoms with Crippen molar-refractivity contribution in [3.8, 4) is 39.9 Å². The third-order valence-corrected chi connectivity index (χ3v) is 8.29. The standard InChI is InChI=1S/C18H11N3O2.C14H11N3O2.C7H10O.2C2H6/c22-18-12-4-3-5-15-16(12)17(19-20-18)13-10-11(6-7-14(13)23-15)21-8-1-2-9-21;15-7-4-5-10-9(6-7)13-12-8(14(18)17-16-13)2-1-3-11(12)19-10;1-4-5-6-7(2)8-3;2*1-2/h1-10H,(H,20,22);1-6,13,16H,15H2,(H,17,18);4-6H,1-2H2,3H3;2*1-2H3/b;;6-5-;;. The molecule has 276 valence electrons. The van der Waals surface area contributed by atoms with Crippen LogP contribution < -0.4 is 31.6 Å². The maximum absolute atomic E-state index is 12.0. The molecule has 0 spiro atoms. The molecule has 3 aliphatic heterocycles. The topological polar surface area (TPSA) is 146 Å². The molecule has 5 heterocycles. The summed E-state index contributed by atoms with van der Waals surface area (Å²) in [6.45, 7) is 15.0. The Labute approximate surface area is 314 Å². The highest BCUT2D eigenvalue weighted by Gasteiger charge is 2.34. The first-order valence-corrected chi connectivity index (χ1v) is 17.6. The summed E-state index contributed by atoms with van der Waals surface area (Å²) in [7, 11) is 1.58. The number of hydrazine groups is 1. The Bertz CT molecular complexity index is 2380. The number of nitrogens with two attached hydrogens (primary N) is 1. The van der Waals surface area contributed by atoms with Gasteiger partial charge in [-0.25, -0.2) is 10.5 Å². The number of allylic oxidation sites excluding steroid dienone is 3. The molecule has 1 atom stereocenters. The molecule has 0 aliphatic carbocycles. The molecule has 1 unspecified atom stereocenters. The Balaban J connectivity index is 0.000000163. The van der Waals surface area contributed by atoms with E-state index in [0.29, 0.717) is 33.9 Å². The molecule has 0 radical (unpaired) electrons. The van der Waals surface area contributed by atoms with E-state index in [2.05, 4.69) is 34.2 Å². The third-order valence-electron chi connectivity index (χ3n) is 8.29. The number of anilines is 1. The first kappa shape index (κ1) is 38.4. The lowest BCUT2D eigenvalue weighted by atomic mass is 9.89. The number of nitrogens with zero attached hydrogens (tertiary/aromatic N) is 2. The molecule has 0 saturated heterocycles. The minimum atomic E-state index is -0.209. The van der Waals surface area contributed by atoms with E-state index in [-0.39, 0.29) is 17.5 Å². The quantitative estimate of drug-likeness (QED) is 0.0799. The fraction of sp³-hybridized carbons (Fsp3) is 0.140. The van der Waals surface area contributed by atoms with Gasteiger partial charge in [0.25, 0.3) is 11.5 Å². The van der Waals surface area contributed by atoms with Crippen LogP contribution in [0.15, 0.2) is 139 Å². The summed E-state index contributed by atoms with van der Waals surface area (Å²) in [5, 5.41) is 8.20. The predicted octanol–water partition coefficient (Wildman–Crippen LogP) is 9.14. The molecule has 9 rings (SSSR count). The van der Waals surface area contributed by atoms with Gasteiger partial charge < -0.3 is 24.5 Å². The number of aromatic amines is 1. The average molecular weight is 725 g/mol. The molecule has 1 amide bonds. The van der Waals surface area contributed by atoms with Gasteiger partial charge in [0.2, 0.25) is 0 Å². The number of nitrogen functional groups attached to an aromatic ring is 1. The van der Waals surface area contributed by atoms with Gasteiger partial charge in [0, 0.05) is 46.0 Å². The van der Waals surface area contributed by atoms with Gasteiger partial charge in [-0.3, -0.25) is 15.0 Å². The molecule has 5 N–H and O–H groups in total. The average Bonchev–Trinajstić information content (AvgIpc) is 3.77. The van der Waals surface area contributed by atoms with Crippen LogP contribution in [0.3, 0.4) is 0 Å². The Kier molecular flexibility index (Phi) is 12.5. The van der Waals surface area contributed by atoms with Gasteiger partial charge in [-0.1, -0.05) is 65.1 Å². The van der Waals surface area contributed by atoms with Crippen molar-refractivity contribution in [3.05, 3.63) is 162 Å². The molecule has 11 nitrogen and oxygen atoms in total. The number of amides is 1. The van der Waals surface area contributed by atoms with Crippen LogP contribution >= 0.6 is 0 Å². The summed E-state index contributed by atoms with van der Waals surface area (Å²) in [6.07, 6.45) is 9.15. The van der Waals surface area contributed by atoms with E-state index >= 15 is 0 Å². The molecular weight excluding hydrogens is 681 g/mol. The molecule has 11 heteroatoms. The Hall–Kier alpha value is -6.85. The van der Waals surface area contributed by atoms with E-state index in [1.54, 1.807) is 43.5 Å². The van der Waals surface area contributed by atoms with Crippen LogP contribution in [0.2, 0.25) is 0 Å². The fourth-order valence-electron chi connectivity index (χ4n) is 5.93. The molecule has 2 aromatic heterocycles. The number of methoxy groups -OCH3 is 1. The fourth-order valence-corrected chi connectivity index (χ4v) is 5.93. The van der Waals surface area contributed by atoms with Crippen LogP contribution in [0.4, 0.5) is 5.69 Å². The second kappa shape index (κ2) is 17.6.